The van der Waals surface area contributed by atoms with Gasteiger partial charge in [0.2, 0.25) is 53.2 Å². The summed E-state index contributed by atoms with van der Waals surface area (Å²) < 4.78 is 16.0. The molecule has 2 heterocycles. The smallest absolute Gasteiger partial charge is 0.328 e. The number of nitrogens with one attached hydrogen (secondary N) is 4. The number of likely N-dealkylation sites (N-methyl/N-ethyl adjacent to an activating group) is 6. The fourth-order valence-corrected chi connectivity index (χ4v) is 11.9. The Morgan fingerprint density at radius 3 is 1.84 bits per heavy atom. The highest BCUT2D eigenvalue weighted by molar-refractivity contribution is 5.99. The molecule has 2 fully saturated rings. The van der Waals surface area contributed by atoms with Crippen molar-refractivity contribution in [1.29, 1.82) is 0 Å². The van der Waals surface area contributed by atoms with Crippen molar-refractivity contribution in [2.24, 2.45) is 29.6 Å². The maximum Gasteiger partial charge on any atom is 0.328 e. The van der Waals surface area contributed by atoms with Crippen LogP contribution in [0, 0.1) is 29.6 Å². The third kappa shape index (κ3) is 21.9. The van der Waals surface area contributed by atoms with Gasteiger partial charge in [-0.05, 0) is 123 Å². The van der Waals surface area contributed by atoms with Gasteiger partial charge in [0.1, 0.15) is 60.5 Å². The van der Waals surface area contributed by atoms with E-state index < -0.39 is 168 Å². The van der Waals surface area contributed by atoms with E-state index in [1.165, 1.54) is 92.5 Å². The van der Waals surface area contributed by atoms with E-state index >= 15 is 9.59 Å². The van der Waals surface area contributed by atoms with Crippen molar-refractivity contribution < 1.29 is 76.6 Å². The Kier molecular flexibility index (Phi) is 33.6. The second-order valence-corrected chi connectivity index (χ2v) is 26.7. The lowest BCUT2D eigenvalue weighted by Crippen LogP contribution is -2.71. The Morgan fingerprint density at radius 2 is 1.32 bits per heavy atom. The fraction of sp³-hybridized carbons (Fsp3) is 0.788. The number of hydrogen-bond donors (Lipinski definition) is 4. The number of hydroxylamine groups is 2. The van der Waals surface area contributed by atoms with Gasteiger partial charge < -0.3 is 64.9 Å². The van der Waals surface area contributed by atoms with Crippen LogP contribution < -0.4 is 21.3 Å². The Bertz CT molecular complexity index is 2600. The van der Waals surface area contributed by atoms with Gasteiger partial charge in [0.05, 0.1) is 25.9 Å². The lowest BCUT2D eigenvalue weighted by atomic mass is 9.90. The zero-order valence-corrected chi connectivity index (χ0v) is 60.2. The number of amides is 10. The summed E-state index contributed by atoms with van der Waals surface area (Å²) in [5, 5.41) is 12.2. The molecule has 0 radical (unpaired) electrons. The number of ether oxygens (including phenoxy) is 3. The summed E-state index contributed by atoms with van der Waals surface area (Å²) >= 11 is 0. The Morgan fingerprint density at radius 1 is 0.720 bits per heavy atom. The van der Waals surface area contributed by atoms with Crippen molar-refractivity contribution in [2.75, 3.05) is 62.6 Å². The standard InChI is InChI=1S/C66H115N11O16/c1-25-27-30-40(11)55-54(58(81)69-47(26-2)66(89)90-24)77(93-55)65(88)52(39(9)10)74(22)63(86)50-35-41(12)76(44(15)61(84)72(20)49(34-37(5)6)62(85)73(50)21)60(83)43(14)68-56(79)48(33-36(3)4)71(19)64(87)51(38(7)8)70-57(80)53(75(23)59(82)42(13)67-18)45(16)91-31-28-29-32-92-46(17)78/h25,27,36-45,47-55,67H,26,28-35H2,1-24H3,(H,68,79)(H,69,81)(H,70,80)/b27-25+/t40-,41?,42-,43+,44-,45+,47+,48+,49+,50+,51+,52+,53+,54+,55-/m1/s1. The zero-order valence-electron chi connectivity index (χ0n) is 60.2. The van der Waals surface area contributed by atoms with E-state index in [0.29, 0.717) is 19.3 Å². The molecule has 530 valence electrons. The summed E-state index contributed by atoms with van der Waals surface area (Å²) in [5.74, 6) is -9.30. The van der Waals surface area contributed by atoms with Crippen molar-refractivity contribution in [3.05, 3.63) is 12.2 Å². The van der Waals surface area contributed by atoms with Crippen LogP contribution in [0.2, 0.25) is 0 Å². The molecule has 0 bridgehead atoms. The molecule has 0 saturated carbocycles. The van der Waals surface area contributed by atoms with Crippen LogP contribution in [-0.4, -0.2) is 253 Å². The topological polar surface area (TPSA) is 313 Å². The van der Waals surface area contributed by atoms with Crippen LogP contribution in [0.15, 0.2) is 12.2 Å². The summed E-state index contributed by atoms with van der Waals surface area (Å²) in [7, 11) is 10.0. The summed E-state index contributed by atoms with van der Waals surface area (Å²) in [6, 6.07) is -14.0. The highest BCUT2D eigenvalue weighted by atomic mass is 16.7. The number of carbonyl (C=O) groups excluding carboxylic acids is 12. The fourth-order valence-electron chi connectivity index (χ4n) is 11.9. The van der Waals surface area contributed by atoms with E-state index in [1.54, 1.807) is 62.4 Å². The van der Waals surface area contributed by atoms with Crippen LogP contribution in [0.3, 0.4) is 0 Å². The average Bonchev–Trinajstić information content (AvgIpc) is 0.769. The summed E-state index contributed by atoms with van der Waals surface area (Å²) in [6.07, 6.45) is 3.77. The number of nitrogens with zero attached hydrogens (tertiary/aromatic N) is 7. The van der Waals surface area contributed by atoms with Crippen LogP contribution in [-0.2, 0) is 76.6 Å². The minimum atomic E-state index is -1.37. The SMILES string of the molecule is C/C=C/C[C@@H](C)[C@H]1ON(C(=O)[C@H](C(C)C)N(C)C(=O)[C@@H]2CC(C)N(C(=O)[C@H](C)NC(=O)[C@H](CC(C)C)N(C)C(=O)[C@@H](NC(=O)[C@H]([C@H](C)OCCCCOC(C)=O)N(C)C(=O)[C@@H](C)NC)C(C)C)[C@H](C)C(=O)N(C)[C@@H](CC(C)C)C(=O)N2C)[C@@H]1C(=O)N[C@@H](CC)C(=O)OC. The number of rotatable bonds is 33. The lowest BCUT2D eigenvalue weighted by molar-refractivity contribution is -0.321. The highest BCUT2D eigenvalue weighted by Gasteiger charge is 2.55. The van der Waals surface area contributed by atoms with Gasteiger partial charge >= 0.3 is 11.9 Å². The second-order valence-electron chi connectivity index (χ2n) is 26.7. The predicted octanol–water partition coefficient (Wildman–Crippen LogP) is 3.06. The van der Waals surface area contributed by atoms with Crippen molar-refractivity contribution >= 4 is 71.0 Å². The average molecular weight is 1320 g/mol. The first-order valence-corrected chi connectivity index (χ1v) is 33.0. The lowest BCUT2D eigenvalue weighted by Gasteiger charge is -2.50. The minimum absolute atomic E-state index is 0.106. The van der Waals surface area contributed by atoms with E-state index in [2.05, 4.69) is 21.3 Å². The first-order valence-electron chi connectivity index (χ1n) is 33.0. The molecule has 2 saturated heterocycles. The molecule has 2 rings (SSSR count). The van der Waals surface area contributed by atoms with Crippen LogP contribution >= 0.6 is 0 Å². The number of methoxy groups -OCH3 is 1. The Hall–Kier alpha value is -6.74. The molecule has 27 nitrogen and oxygen atoms in total. The zero-order chi connectivity index (χ0) is 71.4. The van der Waals surface area contributed by atoms with Gasteiger partial charge in [-0.1, -0.05) is 81.4 Å². The molecular formula is C66H115N11O16. The maximum atomic E-state index is 15.5. The van der Waals surface area contributed by atoms with Crippen molar-refractivity contribution in [2.45, 2.75) is 247 Å². The second kappa shape index (κ2) is 38.0. The van der Waals surface area contributed by atoms with Crippen molar-refractivity contribution in [3.63, 3.8) is 0 Å². The van der Waals surface area contributed by atoms with E-state index in [9.17, 15) is 47.9 Å². The van der Waals surface area contributed by atoms with Gasteiger partial charge in [-0.2, -0.15) is 0 Å². The number of allylic oxidation sites excluding steroid dienone is 2. The molecule has 15 atom stereocenters. The first-order chi connectivity index (χ1) is 43.3. The molecular weight excluding hydrogens is 1200 g/mol. The van der Waals surface area contributed by atoms with Gasteiger partial charge in [-0.3, -0.25) is 57.6 Å². The monoisotopic (exact) mass is 1320 g/mol. The van der Waals surface area contributed by atoms with Crippen molar-refractivity contribution in [3.8, 4) is 0 Å². The van der Waals surface area contributed by atoms with Gasteiger partial charge in [0.25, 0.3) is 5.91 Å². The normalized spacial score (nSPS) is 21.8. The van der Waals surface area contributed by atoms with Crippen molar-refractivity contribution in [1.82, 2.24) is 55.7 Å². The minimum Gasteiger partial charge on any atom is -0.467 e. The summed E-state index contributed by atoms with van der Waals surface area (Å²) in [6.45, 7) is 29.2. The van der Waals surface area contributed by atoms with E-state index in [4.69, 9.17) is 19.0 Å². The van der Waals surface area contributed by atoms with E-state index in [-0.39, 0.29) is 56.7 Å². The third-order valence-electron chi connectivity index (χ3n) is 17.7. The molecule has 2 aliphatic rings. The molecule has 4 N–H and O–H groups in total. The largest absolute Gasteiger partial charge is 0.467 e. The van der Waals surface area contributed by atoms with E-state index in [1.807, 2.05) is 53.7 Å². The van der Waals surface area contributed by atoms with Crippen LogP contribution in [0.4, 0.5) is 0 Å². The predicted molar refractivity (Wildman–Crippen MR) is 349 cm³/mol. The molecule has 93 heavy (non-hydrogen) atoms. The Labute approximate surface area is 553 Å². The van der Waals surface area contributed by atoms with Crippen LogP contribution in [0.25, 0.3) is 0 Å². The van der Waals surface area contributed by atoms with Crippen LogP contribution in [0.1, 0.15) is 163 Å². The maximum absolute atomic E-state index is 15.5. The number of unbranched alkanes of at least 4 members (excludes halogenated alkanes) is 1. The molecule has 2 aliphatic heterocycles. The summed E-state index contributed by atoms with van der Waals surface area (Å²) in [4.78, 5) is 185. The van der Waals surface area contributed by atoms with E-state index in [0.717, 1.165) is 5.06 Å². The Balaban J connectivity index is 2.69. The number of esters is 2. The molecule has 10 amide bonds. The summed E-state index contributed by atoms with van der Waals surface area (Å²) in [5.41, 5.74) is 0. The van der Waals surface area contributed by atoms with Gasteiger partial charge in [-0.15, -0.1) is 0 Å². The first kappa shape index (κ1) is 82.4. The molecule has 0 aromatic carbocycles. The van der Waals surface area contributed by atoms with Gasteiger partial charge in [0, 0.05) is 54.8 Å². The van der Waals surface area contributed by atoms with Gasteiger partial charge in [-0.25, -0.2) is 9.86 Å². The third-order valence-corrected chi connectivity index (χ3v) is 17.7. The molecule has 0 spiro atoms. The quantitative estimate of drug-likeness (QED) is 0.0417. The molecule has 27 heteroatoms. The molecule has 0 aliphatic carbocycles. The van der Waals surface area contributed by atoms with Crippen LogP contribution in [0.5, 0.6) is 0 Å². The highest BCUT2D eigenvalue weighted by Crippen LogP contribution is 2.34. The molecule has 0 aromatic rings. The molecule has 0 aromatic heterocycles. The number of carbonyl (C=O) groups is 12. The number of hydrogen-bond acceptors (Lipinski definition) is 17. The molecule has 1 unspecified atom stereocenters. The van der Waals surface area contributed by atoms with Gasteiger partial charge in [0.15, 0.2) is 6.04 Å².